The summed E-state index contributed by atoms with van der Waals surface area (Å²) in [6, 6.07) is 18.8. The molecule has 302 valence electrons. The molecule has 1 saturated heterocycles. The normalized spacial score (nSPS) is 32.2. The van der Waals surface area contributed by atoms with E-state index in [0.717, 1.165) is 53.0 Å². The molecule has 11 nitrogen and oxygen atoms in total. The first kappa shape index (κ1) is 39.8. The molecule has 13 heteroatoms. The first-order chi connectivity index (χ1) is 27.2. The maximum atomic E-state index is 13.8. The number of benzene rings is 4. The number of fused-ring (bicyclic) bond motifs is 4. The second kappa shape index (κ2) is 14.4. The van der Waals surface area contributed by atoms with Gasteiger partial charge in [-0.15, -0.1) is 23.2 Å². The Kier molecular flexibility index (Phi) is 10.1. The van der Waals surface area contributed by atoms with Crippen molar-refractivity contribution in [2.24, 2.45) is 16.2 Å². The van der Waals surface area contributed by atoms with Crippen molar-refractivity contribution in [3.8, 4) is 11.5 Å². The quantitative estimate of drug-likeness (QED) is 0.111. The zero-order chi connectivity index (χ0) is 40.8. The van der Waals surface area contributed by atoms with Gasteiger partial charge in [0.25, 0.3) is 0 Å². The third-order valence-corrected chi connectivity index (χ3v) is 14.5. The lowest BCUT2D eigenvalue weighted by atomic mass is 9.71. The number of hydrogen-bond acceptors (Lipinski definition) is 9. The molecular weight excluding hydrogens is 773 g/mol. The SMILES string of the molecule is CC(=O)C12CC3(CC(=O)N4CC(CCl)c5c4cc(O[C@@H]4O[C@H](C(=O)O)C(O)[C@H](O)C4O)c4ccccc54)CC31C2.CC[C@@H](CCl)c1c(C)cc(O)c2ccccc12. The van der Waals surface area contributed by atoms with Gasteiger partial charge in [0, 0.05) is 52.9 Å². The Bertz CT molecular complexity index is 2300. The predicted octanol–water partition coefficient (Wildman–Crippen LogP) is 6.52. The van der Waals surface area contributed by atoms with Crippen LogP contribution in [0.4, 0.5) is 5.69 Å². The molecule has 10 atom stereocenters. The fraction of sp³-hybridized carbons (Fsp3) is 0.477. The molecule has 5 N–H and O–H groups in total. The van der Waals surface area contributed by atoms with E-state index in [-0.39, 0.29) is 39.6 Å². The third-order valence-electron chi connectivity index (χ3n) is 13.8. The van der Waals surface area contributed by atoms with Gasteiger partial charge in [-0.1, -0.05) is 55.5 Å². The van der Waals surface area contributed by atoms with Crippen LogP contribution in [-0.2, 0) is 19.1 Å². The van der Waals surface area contributed by atoms with E-state index in [1.54, 1.807) is 30.0 Å². The third kappa shape index (κ3) is 6.02. The predicted molar refractivity (Wildman–Crippen MR) is 215 cm³/mol. The fourth-order valence-electron chi connectivity index (χ4n) is 10.7. The molecule has 1 spiro atoms. The number of alkyl halides is 2. The summed E-state index contributed by atoms with van der Waals surface area (Å²) in [5.74, 6) is 0.373. The highest BCUT2D eigenvalue weighted by atomic mass is 35.5. The Morgan fingerprint density at radius 2 is 1.60 bits per heavy atom. The molecule has 1 amide bonds. The summed E-state index contributed by atoms with van der Waals surface area (Å²) in [7, 11) is 0. The lowest BCUT2D eigenvalue weighted by Gasteiger charge is -2.38. The van der Waals surface area contributed by atoms with E-state index in [9.17, 15) is 39.9 Å². The molecule has 2 aliphatic heterocycles. The number of phenols is 1. The number of carboxylic acid groups (broad SMARTS) is 1. The van der Waals surface area contributed by atoms with Gasteiger partial charge >= 0.3 is 5.97 Å². The number of phenolic OH excluding ortho intramolecular Hbond substituents is 1. The van der Waals surface area contributed by atoms with E-state index in [2.05, 4.69) is 13.0 Å². The van der Waals surface area contributed by atoms with Crippen molar-refractivity contribution in [3.05, 3.63) is 77.4 Å². The maximum absolute atomic E-state index is 13.8. The van der Waals surface area contributed by atoms with Crippen LogP contribution in [0.3, 0.4) is 0 Å². The molecule has 0 aromatic heterocycles. The van der Waals surface area contributed by atoms with Crippen LogP contribution in [0.15, 0.2) is 60.7 Å². The van der Waals surface area contributed by atoms with Gasteiger partial charge in [-0.05, 0) is 89.8 Å². The van der Waals surface area contributed by atoms with Crippen molar-refractivity contribution < 1.29 is 49.4 Å². The minimum atomic E-state index is -1.84. The number of ketones is 1. The second-order valence-electron chi connectivity index (χ2n) is 16.7. The van der Waals surface area contributed by atoms with Crippen molar-refractivity contribution in [2.75, 3.05) is 23.2 Å². The van der Waals surface area contributed by atoms with E-state index >= 15 is 0 Å². The minimum Gasteiger partial charge on any atom is -0.507 e. The van der Waals surface area contributed by atoms with Crippen LogP contribution in [0.25, 0.3) is 21.5 Å². The van der Waals surface area contributed by atoms with Gasteiger partial charge < -0.3 is 39.9 Å². The molecule has 4 aromatic rings. The van der Waals surface area contributed by atoms with E-state index in [4.69, 9.17) is 32.7 Å². The smallest absolute Gasteiger partial charge is 0.335 e. The summed E-state index contributed by atoms with van der Waals surface area (Å²) in [6.07, 6.45) is -4.85. The van der Waals surface area contributed by atoms with E-state index in [1.807, 2.05) is 43.3 Å². The number of carbonyl (C=O) groups is 3. The van der Waals surface area contributed by atoms with Gasteiger partial charge in [0.2, 0.25) is 12.2 Å². The number of hydrogen-bond donors (Lipinski definition) is 5. The van der Waals surface area contributed by atoms with Crippen LogP contribution in [0.1, 0.15) is 74.5 Å². The number of aliphatic carboxylic acids is 1. The zero-order valence-electron chi connectivity index (χ0n) is 32.0. The average molecular weight is 821 g/mol. The first-order valence-electron chi connectivity index (χ1n) is 19.5. The summed E-state index contributed by atoms with van der Waals surface area (Å²) in [5.41, 5.74) is 3.60. The molecule has 57 heavy (non-hydrogen) atoms. The molecule has 0 bridgehead atoms. The van der Waals surface area contributed by atoms with Gasteiger partial charge in [0.05, 0.1) is 5.69 Å². The Balaban J connectivity index is 0.000000224. The molecular formula is C44H47Cl2NO10. The van der Waals surface area contributed by atoms with Gasteiger partial charge in [-0.3, -0.25) is 9.59 Å². The molecule has 3 saturated carbocycles. The molecule has 6 unspecified atom stereocenters. The summed E-state index contributed by atoms with van der Waals surface area (Å²) in [4.78, 5) is 39.3. The van der Waals surface area contributed by atoms with Crippen LogP contribution in [0.5, 0.6) is 11.5 Å². The average Bonchev–Trinajstić information content (AvgIpc) is 3.84. The lowest BCUT2D eigenvalue weighted by Crippen LogP contribution is -2.61. The van der Waals surface area contributed by atoms with Crippen molar-refractivity contribution in [2.45, 2.75) is 95.4 Å². The molecule has 2 heterocycles. The minimum absolute atomic E-state index is 0.00807. The molecule has 4 aromatic carbocycles. The number of halogens is 2. The highest BCUT2D eigenvalue weighted by Crippen LogP contribution is 3.01. The lowest BCUT2D eigenvalue weighted by molar-refractivity contribution is -0.270. The van der Waals surface area contributed by atoms with Crippen molar-refractivity contribution in [3.63, 3.8) is 0 Å². The van der Waals surface area contributed by atoms with Crippen LogP contribution in [0, 0.1) is 23.2 Å². The monoisotopic (exact) mass is 819 g/mol. The number of nitrogens with zero attached hydrogens (tertiary/aromatic N) is 1. The van der Waals surface area contributed by atoms with Crippen molar-refractivity contribution >= 4 is 68.1 Å². The standard InChI is InChI=1S/C29H30ClNO9.C15H17ClO/c1-13(32)28-10-27(11-29(27,28)12-28)7-19(33)31-9-14(8-30)20-16-5-3-2-4-15(16)18(6-17(20)31)39-26-23(36)21(34)22(35)24(40-26)25(37)38;1-3-11(9-16)15-10(2)8-14(17)12-6-4-5-7-13(12)15/h2-6,14,21-24,26,34-36H,7-12H2,1H3,(H,37,38);4-8,11,17H,3,9H2,1-2H3/t14?,21-,22?,23?,24-,26+,27?,28?,29?;11-/m00/s1. The van der Waals surface area contributed by atoms with Gasteiger partial charge in [-0.25, -0.2) is 4.79 Å². The number of aryl methyl sites for hydroxylation is 1. The van der Waals surface area contributed by atoms with E-state index in [1.165, 1.54) is 5.56 Å². The number of aliphatic hydroxyl groups excluding tert-OH is 3. The van der Waals surface area contributed by atoms with Crippen LogP contribution < -0.4 is 9.64 Å². The van der Waals surface area contributed by atoms with Gasteiger partial charge in [-0.2, -0.15) is 0 Å². The summed E-state index contributed by atoms with van der Waals surface area (Å²) >= 11 is 12.4. The zero-order valence-corrected chi connectivity index (χ0v) is 33.5. The summed E-state index contributed by atoms with van der Waals surface area (Å²) in [6.45, 7) is 6.23. The van der Waals surface area contributed by atoms with Crippen LogP contribution in [0.2, 0.25) is 0 Å². The molecule has 4 fully saturated rings. The first-order valence-corrected chi connectivity index (χ1v) is 20.5. The second-order valence-corrected chi connectivity index (χ2v) is 17.3. The molecule has 3 aliphatic carbocycles. The molecule has 0 radical (unpaired) electrons. The van der Waals surface area contributed by atoms with Gasteiger partial charge in [0.15, 0.2) is 6.10 Å². The number of aliphatic hydroxyl groups is 3. The highest BCUT2D eigenvalue weighted by molar-refractivity contribution is 6.19. The fourth-order valence-corrected chi connectivity index (χ4v) is 11.3. The Labute approximate surface area is 340 Å². The Morgan fingerprint density at radius 3 is 2.19 bits per heavy atom. The summed E-state index contributed by atoms with van der Waals surface area (Å²) in [5, 5.41) is 53.7. The largest absolute Gasteiger partial charge is 0.507 e. The molecule has 5 aliphatic rings. The Morgan fingerprint density at radius 1 is 0.930 bits per heavy atom. The van der Waals surface area contributed by atoms with Gasteiger partial charge in [0.1, 0.15) is 35.6 Å². The number of aromatic hydroxyl groups is 1. The maximum Gasteiger partial charge on any atom is 0.335 e. The topological polar surface area (TPSA) is 174 Å². The number of carbonyl (C=O) groups excluding carboxylic acids is 2. The number of carboxylic acids is 1. The highest BCUT2D eigenvalue weighted by Gasteiger charge is 2.97. The van der Waals surface area contributed by atoms with Crippen molar-refractivity contribution in [1.29, 1.82) is 0 Å². The van der Waals surface area contributed by atoms with E-state index in [0.29, 0.717) is 47.5 Å². The van der Waals surface area contributed by atoms with Crippen LogP contribution in [-0.4, -0.2) is 92.2 Å². The van der Waals surface area contributed by atoms with Crippen molar-refractivity contribution in [1.82, 2.24) is 0 Å². The molecule has 9 rings (SSSR count). The number of ether oxygens (including phenoxy) is 2. The Hall–Kier alpha value is -3.97. The van der Waals surface area contributed by atoms with Crippen LogP contribution >= 0.6 is 23.2 Å². The van der Waals surface area contributed by atoms with E-state index < -0.39 is 36.7 Å². The number of amides is 1. The number of anilines is 1. The summed E-state index contributed by atoms with van der Waals surface area (Å²) < 4.78 is 11.3. The number of rotatable bonds is 10. The number of Topliss-reactive ketones (excluding diaryl/α,β-unsaturated/α-hetero) is 1.